The first kappa shape index (κ1) is 11.7. The van der Waals surface area contributed by atoms with Crippen molar-refractivity contribution in [1.82, 2.24) is 4.90 Å². The van der Waals surface area contributed by atoms with E-state index in [-0.39, 0.29) is 0 Å². The van der Waals surface area contributed by atoms with E-state index in [1.54, 1.807) is 11.8 Å². The number of ether oxygens (including phenoxy) is 1. The first-order valence-electron chi connectivity index (χ1n) is 5.76. The van der Waals surface area contributed by atoms with Gasteiger partial charge < -0.3 is 9.64 Å². The molecule has 3 atom stereocenters. The molecular formula is C11H19NOS2. The predicted molar refractivity (Wildman–Crippen MR) is 69.4 cm³/mol. The molecule has 2 aliphatic rings. The summed E-state index contributed by atoms with van der Waals surface area (Å²) in [6.07, 6.45) is 5.31. The second-order valence-corrected chi connectivity index (χ2v) is 6.35. The maximum atomic E-state index is 5.34. The Bertz CT molecular complexity index is 233. The largest absolute Gasteiger partial charge is 0.479 e. The summed E-state index contributed by atoms with van der Waals surface area (Å²) in [7, 11) is 2.27. The molecule has 0 amide bonds. The Morgan fingerprint density at radius 2 is 2.00 bits per heavy atom. The van der Waals surface area contributed by atoms with E-state index in [1.807, 2.05) is 6.92 Å². The standard InChI is InChI=1S/C11H19NOS2/c1-3-13-11(14)15-10-6-8-4-5-9(7-10)12(8)2/h8-10H,3-7H2,1-2H3/t8-,9+,10?. The van der Waals surface area contributed by atoms with E-state index < -0.39 is 0 Å². The molecule has 0 spiro atoms. The Hall–Kier alpha value is 0.200. The van der Waals surface area contributed by atoms with Crippen LogP contribution in [-0.4, -0.2) is 40.3 Å². The molecule has 4 heteroatoms. The van der Waals surface area contributed by atoms with Gasteiger partial charge in [-0.05, 0) is 51.9 Å². The summed E-state index contributed by atoms with van der Waals surface area (Å²) < 4.78 is 6.09. The molecule has 0 radical (unpaired) electrons. The van der Waals surface area contributed by atoms with E-state index in [0.717, 1.165) is 16.5 Å². The van der Waals surface area contributed by atoms with Gasteiger partial charge in [-0.2, -0.15) is 0 Å². The topological polar surface area (TPSA) is 12.5 Å². The number of thiocarbonyl (C=S) groups is 1. The first-order chi connectivity index (χ1) is 7.20. The minimum absolute atomic E-state index is 0.692. The molecule has 2 nitrogen and oxygen atoms in total. The number of rotatable bonds is 2. The molecule has 0 aromatic heterocycles. The number of thioether (sulfide) groups is 1. The van der Waals surface area contributed by atoms with E-state index in [4.69, 9.17) is 17.0 Å². The highest BCUT2D eigenvalue weighted by atomic mass is 32.2. The van der Waals surface area contributed by atoms with Gasteiger partial charge in [0.15, 0.2) is 0 Å². The van der Waals surface area contributed by atoms with Crippen molar-refractivity contribution in [3.05, 3.63) is 0 Å². The summed E-state index contributed by atoms with van der Waals surface area (Å²) in [5, 5.41) is 0.692. The maximum absolute atomic E-state index is 5.34. The first-order valence-corrected chi connectivity index (χ1v) is 7.04. The fraction of sp³-hybridized carbons (Fsp3) is 0.909. The molecule has 0 aromatic carbocycles. The highest BCUT2D eigenvalue weighted by Crippen LogP contribution is 2.39. The van der Waals surface area contributed by atoms with Gasteiger partial charge in [0.05, 0.1) is 6.61 Å². The van der Waals surface area contributed by atoms with Crippen LogP contribution in [0.2, 0.25) is 0 Å². The van der Waals surface area contributed by atoms with Crippen molar-refractivity contribution in [3.63, 3.8) is 0 Å². The van der Waals surface area contributed by atoms with Crippen molar-refractivity contribution in [2.45, 2.75) is 49.9 Å². The number of nitrogens with zero attached hydrogens (tertiary/aromatic N) is 1. The molecule has 0 aromatic rings. The van der Waals surface area contributed by atoms with Crippen molar-refractivity contribution in [3.8, 4) is 0 Å². The molecule has 15 heavy (non-hydrogen) atoms. The fourth-order valence-corrected chi connectivity index (χ4v) is 4.37. The van der Waals surface area contributed by atoms with Gasteiger partial charge in [-0.3, -0.25) is 0 Å². The van der Waals surface area contributed by atoms with E-state index in [9.17, 15) is 0 Å². The number of hydrogen-bond acceptors (Lipinski definition) is 4. The molecule has 0 saturated carbocycles. The zero-order valence-corrected chi connectivity index (χ0v) is 11.1. The van der Waals surface area contributed by atoms with Crippen molar-refractivity contribution >= 4 is 28.4 Å². The zero-order valence-electron chi connectivity index (χ0n) is 9.44. The lowest BCUT2D eigenvalue weighted by atomic mass is 10.0. The van der Waals surface area contributed by atoms with Gasteiger partial charge in [-0.15, -0.1) is 0 Å². The minimum atomic E-state index is 0.692. The van der Waals surface area contributed by atoms with Crippen LogP contribution >= 0.6 is 24.0 Å². The Balaban J connectivity index is 1.84. The summed E-state index contributed by atoms with van der Waals surface area (Å²) in [6, 6.07) is 1.59. The summed E-state index contributed by atoms with van der Waals surface area (Å²) >= 11 is 6.97. The van der Waals surface area contributed by atoms with Gasteiger partial charge in [0.1, 0.15) is 0 Å². The van der Waals surface area contributed by atoms with Gasteiger partial charge in [0, 0.05) is 17.3 Å². The van der Waals surface area contributed by atoms with Crippen LogP contribution in [0.25, 0.3) is 0 Å². The van der Waals surface area contributed by atoms with E-state index >= 15 is 0 Å². The average molecular weight is 245 g/mol. The molecule has 2 aliphatic heterocycles. The smallest absolute Gasteiger partial charge is 0.220 e. The van der Waals surface area contributed by atoms with Crippen molar-refractivity contribution in [2.75, 3.05) is 13.7 Å². The molecule has 1 unspecified atom stereocenters. The summed E-state index contributed by atoms with van der Waals surface area (Å²) in [6.45, 7) is 2.69. The Kier molecular flexibility index (Phi) is 3.91. The second-order valence-electron chi connectivity index (χ2n) is 4.44. The normalized spacial score (nSPS) is 35.5. The van der Waals surface area contributed by atoms with Gasteiger partial charge in [-0.25, -0.2) is 0 Å². The van der Waals surface area contributed by atoms with E-state index in [0.29, 0.717) is 11.9 Å². The third-order valence-corrected chi connectivity index (χ3v) is 5.02. The second kappa shape index (κ2) is 5.02. The summed E-state index contributed by atoms with van der Waals surface area (Å²) in [4.78, 5) is 2.56. The van der Waals surface area contributed by atoms with Crippen LogP contribution < -0.4 is 0 Å². The molecule has 2 bridgehead atoms. The van der Waals surface area contributed by atoms with E-state index in [1.165, 1.54) is 25.7 Å². The third-order valence-electron chi connectivity index (χ3n) is 3.58. The lowest BCUT2D eigenvalue weighted by molar-refractivity contribution is 0.183. The van der Waals surface area contributed by atoms with E-state index in [2.05, 4.69) is 11.9 Å². The van der Waals surface area contributed by atoms with Crippen LogP contribution in [-0.2, 0) is 4.74 Å². The van der Waals surface area contributed by atoms with Gasteiger partial charge in [0.25, 0.3) is 0 Å². The van der Waals surface area contributed by atoms with Crippen molar-refractivity contribution in [2.24, 2.45) is 0 Å². The lowest BCUT2D eigenvalue weighted by Gasteiger charge is -2.35. The fourth-order valence-electron chi connectivity index (χ4n) is 2.75. The molecule has 0 aliphatic carbocycles. The van der Waals surface area contributed by atoms with Crippen LogP contribution in [0.3, 0.4) is 0 Å². The molecule has 0 N–H and O–H groups in total. The highest BCUT2D eigenvalue weighted by Gasteiger charge is 2.38. The van der Waals surface area contributed by atoms with Crippen LogP contribution in [0.15, 0.2) is 0 Å². The van der Waals surface area contributed by atoms with Gasteiger partial charge in [-0.1, -0.05) is 11.8 Å². The Morgan fingerprint density at radius 3 is 2.53 bits per heavy atom. The number of piperidine rings is 1. The molecule has 2 saturated heterocycles. The van der Waals surface area contributed by atoms with Crippen molar-refractivity contribution < 1.29 is 4.74 Å². The SMILES string of the molecule is CCOC(=S)SC1C[C@H]2CC[C@@H](C1)N2C. The third kappa shape index (κ3) is 2.66. The minimum Gasteiger partial charge on any atom is -0.479 e. The highest BCUT2D eigenvalue weighted by molar-refractivity contribution is 8.23. The van der Waals surface area contributed by atoms with Crippen molar-refractivity contribution in [1.29, 1.82) is 0 Å². The van der Waals surface area contributed by atoms with Gasteiger partial charge in [0.2, 0.25) is 4.38 Å². The van der Waals surface area contributed by atoms with Gasteiger partial charge >= 0.3 is 0 Å². The van der Waals surface area contributed by atoms with Crippen LogP contribution in [0.5, 0.6) is 0 Å². The summed E-state index contributed by atoms with van der Waals surface area (Å²) in [5.41, 5.74) is 0. The molecule has 2 heterocycles. The predicted octanol–water partition coefficient (Wildman–Crippen LogP) is 2.67. The molecule has 2 fully saturated rings. The Morgan fingerprint density at radius 1 is 1.40 bits per heavy atom. The molecule has 2 rings (SSSR count). The quantitative estimate of drug-likeness (QED) is 0.693. The van der Waals surface area contributed by atoms with Crippen LogP contribution in [0.1, 0.15) is 32.6 Å². The van der Waals surface area contributed by atoms with Crippen LogP contribution in [0.4, 0.5) is 0 Å². The lowest BCUT2D eigenvalue weighted by Crippen LogP contribution is -2.41. The monoisotopic (exact) mass is 245 g/mol. The summed E-state index contributed by atoms with van der Waals surface area (Å²) in [5.74, 6) is 0. The molecular weight excluding hydrogens is 226 g/mol. The number of hydrogen-bond donors (Lipinski definition) is 0. The maximum Gasteiger partial charge on any atom is 0.220 e. The zero-order chi connectivity index (χ0) is 10.8. The number of fused-ring (bicyclic) bond motifs is 2. The van der Waals surface area contributed by atoms with Crippen LogP contribution in [0, 0.1) is 0 Å². The Labute approximate surface area is 102 Å². The molecule has 86 valence electrons. The average Bonchev–Trinajstić information content (AvgIpc) is 2.43.